The van der Waals surface area contributed by atoms with Gasteiger partial charge < -0.3 is 15.0 Å². The van der Waals surface area contributed by atoms with Crippen LogP contribution in [-0.2, 0) is 10.3 Å². The number of ether oxygens (including phenoxy) is 1. The summed E-state index contributed by atoms with van der Waals surface area (Å²) in [5.74, 6) is 0.564. The average molecular weight is 409 g/mol. The monoisotopic (exact) mass is 408 g/mol. The van der Waals surface area contributed by atoms with Crippen molar-refractivity contribution in [2.45, 2.75) is 37.3 Å². The molecule has 2 fully saturated rings. The fourth-order valence-electron chi connectivity index (χ4n) is 4.08. The van der Waals surface area contributed by atoms with Gasteiger partial charge in [-0.25, -0.2) is 4.39 Å². The Morgan fingerprint density at radius 1 is 1.18 bits per heavy atom. The van der Waals surface area contributed by atoms with Crippen LogP contribution in [0.2, 0.25) is 0 Å². The molecule has 3 heterocycles. The first-order valence-corrected chi connectivity index (χ1v) is 9.60. The van der Waals surface area contributed by atoms with Gasteiger partial charge in [0.2, 0.25) is 0 Å². The zero-order chi connectivity index (χ0) is 18.7. The zero-order valence-electron chi connectivity index (χ0n) is 15.7. The third-order valence-corrected chi connectivity index (χ3v) is 5.62. The van der Waals surface area contributed by atoms with E-state index in [4.69, 9.17) is 4.74 Å². The summed E-state index contributed by atoms with van der Waals surface area (Å²) < 4.78 is 20.8. The maximum absolute atomic E-state index is 13.4. The molecule has 1 aromatic carbocycles. The van der Waals surface area contributed by atoms with Crippen molar-refractivity contribution in [3.05, 3.63) is 48.5 Å². The molecule has 8 heteroatoms. The summed E-state index contributed by atoms with van der Waals surface area (Å²) in [5.41, 5.74) is -0.584. The Balaban J connectivity index is 0.00000225. The summed E-state index contributed by atoms with van der Waals surface area (Å²) in [6, 6.07) is 7.97. The van der Waals surface area contributed by atoms with E-state index in [1.165, 1.54) is 12.1 Å². The second kappa shape index (κ2) is 8.92. The molecule has 152 valence electrons. The third-order valence-electron chi connectivity index (χ3n) is 5.62. The van der Waals surface area contributed by atoms with Gasteiger partial charge in [-0.3, -0.25) is 9.48 Å². The fraction of sp³-hybridized carbons (Fsp3) is 0.500. The van der Waals surface area contributed by atoms with Crippen LogP contribution in [0.1, 0.15) is 25.7 Å². The number of likely N-dealkylation sites (tertiary alicyclic amines) is 1. The Morgan fingerprint density at radius 3 is 2.46 bits per heavy atom. The summed E-state index contributed by atoms with van der Waals surface area (Å²) in [7, 11) is 0. The molecule has 0 bridgehead atoms. The summed E-state index contributed by atoms with van der Waals surface area (Å²) in [5, 5.41) is 7.73. The van der Waals surface area contributed by atoms with Gasteiger partial charge in [0.05, 0.1) is 0 Å². The lowest BCUT2D eigenvalue weighted by Crippen LogP contribution is -2.57. The van der Waals surface area contributed by atoms with Crippen LogP contribution in [0.5, 0.6) is 5.75 Å². The van der Waals surface area contributed by atoms with E-state index in [0.29, 0.717) is 18.8 Å². The highest BCUT2D eigenvalue weighted by molar-refractivity contribution is 5.85. The number of aromatic nitrogens is 2. The van der Waals surface area contributed by atoms with E-state index < -0.39 is 5.54 Å². The number of piperidine rings is 2. The van der Waals surface area contributed by atoms with Gasteiger partial charge in [-0.05, 0) is 56.3 Å². The lowest BCUT2D eigenvalue weighted by Gasteiger charge is -2.42. The molecule has 2 aromatic rings. The Kier molecular flexibility index (Phi) is 6.57. The average Bonchev–Trinajstić information content (AvgIpc) is 3.26. The number of amides is 1. The normalized spacial score (nSPS) is 19.7. The molecular weight excluding hydrogens is 383 g/mol. The lowest BCUT2D eigenvalue weighted by molar-refractivity contribution is -0.145. The van der Waals surface area contributed by atoms with Crippen molar-refractivity contribution in [3.63, 3.8) is 0 Å². The predicted octanol–water partition coefficient (Wildman–Crippen LogP) is 2.59. The smallest absolute Gasteiger partial charge is 0.250 e. The van der Waals surface area contributed by atoms with Gasteiger partial charge in [0.1, 0.15) is 23.2 Å². The fourth-order valence-corrected chi connectivity index (χ4v) is 4.08. The maximum Gasteiger partial charge on any atom is 0.250 e. The Labute approximate surface area is 170 Å². The van der Waals surface area contributed by atoms with Crippen molar-refractivity contribution in [2.75, 3.05) is 26.2 Å². The largest absolute Gasteiger partial charge is 0.490 e. The molecule has 2 aliphatic heterocycles. The standard InChI is InChI=1S/C20H25FN4O2.ClH/c21-16-2-4-17(5-3-16)27-18-6-14-24(15-7-18)19(26)20(8-11-22-12-9-20)25-13-1-10-23-25;/h1-5,10,13,18,22H,6-9,11-12,14-15H2;1H. The Bertz CT molecular complexity index is 755. The van der Waals surface area contributed by atoms with Crippen LogP contribution in [-0.4, -0.2) is 52.9 Å². The molecule has 1 N–H and O–H groups in total. The van der Waals surface area contributed by atoms with Crippen molar-refractivity contribution >= 4 is 18.3 Å². The van der Waals surface area contributed by atoms with E-state index in [0.717, 1.165) is 38.8 Å². The predicted molar refractivity (Wildman–Crippen MR) is 106 cm³/mol. The molecule has 0 saturated carbocycles. The number of halogens is 2. The molecule has 1 aromatic heterocycles. The highest BCUT2D eigenvalue weighted by Gasteiger charge is 2.45. The first kappa shape index (κ1) is 20.6. The van der Waals surface area contributed by atoms with E-state index in [-0.39, 0.29) is 30.2 Å². The SMILES string of the molecule is Cl.O=C(N1CCC(Oc2ccc(F)cc2)CC1)C1(n2cccn2)CCNCC1. The van der Waals surface area contributed by atoms with E-state index in [9.17, 15) is 9.18 Å². The van der Waals surface area contributed by atoms with Crippen LogP contribution in [0.3, 0.4) is 0 Å². The maximum atomic E-state index is 13.4. The molecule has 0 radical (unpaired) electrons. The van der Waals surface area contributed by atoms with Gasteiger partial charge in [-0.15, -0.1) is 12.4 Å². The molecule has 0 spiro atoms. The minimum atomic E-state index is -0.584. The molecule has 0 unspecified atom stereocenters. The van der Waals surface area contributed by atoms with Crippen LogP contribution in [0, 0.1) is 5.82 Å². The number of nitrogens with zero attached hydrogens (tertiary/aromatic N) is 3. The van der Waals surface area contributed by atoms with Crippen LogP contribution < -0.4 is 10.1 Å². The van der Waals surface area contributed by atoms with Gasteiger partial charge >= 0.3 is 0 Å². The molecule has 2 aliphatic rings. The molecule has 4 rings (SSSR count). The first-order chi connectivity index (χ1) is 13.2. The van der Waals surface area contributed by atoms with E-state index in [1.54, 1.807) is 18.3 Å². The second-order valence-corrected chi connectivity index (χ2v) is 7.30. The number of carbonyl (C=O) groups excluding carboxylic acids is 1. The minimum absolute atomic E-state index is 0. The van der Waals surface area contributed by atoms with E-state index >= 15 is 0 Å². The second-order valence-electron chi connectivity index (χ2n) is 7.30. The van der Waals surface area contributed by atoms with Crippen molar-refractivity contribution in [1.29, 1.82) is 0 Å². The lowest BCUT2D eigenvalue weighted by atomic mass is 9.86. The van der Waals surface area contributed by atoms with Crippen LogP contribution in [0.15, 0.2) is 42.7 Å². The number of nitrogens with one attached hydrogen (secondary N) is 1. The molecule has 0 aliphatic carbocycles. The summed E-state index contributed by atoms with van der Waals surface area (Å²) in [6.45, 7) is 2.97. The third kappa shape index (κ3) is 4.15. The van der Waals surface area contributed by atoms with Crippen molar-refractivity contribution in [3.8, 4) is 5.75 Å². The van der Waals surface area contributed by atoms with E-state index in [1.807, 2.05) is 21.8 Å². The zero-order valence-corrected chi connectivity index (χ0v) is 16.5. The topological polar surface area (TPSA) is 59.4 Å². The van der Waals surface area contributed by atoms with Gasteiger partial charge in [-0.2, -0.15) is 5.10 Å². The van der Waals surface area contributed by atoms with Crippen molar-refractivity contribution in [2.24, 2.45) is 0 Å². The molecule has 2 saturated heterocycles. The molecule has 6 nitrogen and oxygen atoms in total. The number of hydrogen-bond acceptors (Lipinski definition) is 4. The Morgan fingerprint density at radius 2 is 1.86 bits per heavy atom. The van der Waals surface area contributed by atoms with Crippen molar-refractivity contribution < 1.29 is 13.9 Å². The molecule has 1 amide bonds. The summed E-state index contributed by atoms with van der Waals surface area (Å²) in [4.78, 5) is 15.4. The van der Waals surface area contributed by atoms with Crippen LogP contribution >= 0.6 is 12.4 Å². The molecule has 0 atom stereocenters. The van der Waals surface area contributed by atoms with Gasteiger partial charge in [-0.1, -0.05) is 0 Å². The molecular formula is C20H26ClFN4O2. The number of rotatable bonds is 4. The van der Waals surface area contributed by atoms with Gasteiger partial charge in [0.25, 0.3) is 5.91 Å². The number of hydrogen-bond donors (Lipinski definition) is 1. The van der Waals surface area contributed by atoms with Gasteiger partial charge in [0.15, 0.2) is 0 Å². The Hall–Kier alpha value is -2.12. The van der Waals surface area contributed by atoms with Gasteiger partial charge in [0, 0.05) is 38.3 Å². The number of carbonyl (C=O) groups is 1. The molecule has 28 heavy (non-hydrogen) atoms. The first-order valence-electron chi connectivity index (χ1n) is 9.60. The summed E-state index contributed by atoms with van der Waals surface area (Å²) in [6.07, 6.45) is 6.73. The highest BCUT2D eigenvalue weighted by atomic mass is 35.5. The van der Waals surface area contributed by atoms with Crippen LogP contribution in [0.4, 0.5) is 4.39 Å². The summed E-state index contributed by atoms with van der Waals surface area (Å²) >= 11 is 0. The highest BCUT2D eigenvalue weighted by Crippen LogP contribution is 2.31. The van der Waals surface area contributed by atoms with Crippen LogP contribution in [0.25, 0.3) is 0 Å². The number of benzene rings is 1. The minimum Gasteiger partial charge on any atom is -0.490 e. The quantitative estimate of drug-likeness (QED) is 0.844. The van der Waals surface area contributed by atoms with E-state index in [2.05, 4.69) is 10.4 Å². The van der Waals surface area contributed by atoms with Crippen molar-refractivity contribution in [1.82, 2.24) is 20.0 Å².